The Hall–Kier alpha value is -0.980. The molecule has 5 nitrogen and oxygen atoms in total. The number of hydrogen-bond acceptors (Lipinski definition) is 5. The molecule has 23 heavy (non-hydrogen) atoms. The number of hydrogen-bond donors (Lipinski definition) is 0. The van der Waals surface area contributed by atoms with E-state index in [9.17, 15) is 4.79 Å². The second-order valence-corrected chi connectivity index (χ2v) is 7.88. The fourth-order valence-corrected chi connectivity index (χ4v) is 4.59. The maximum absolute atomic E-state index is 12.3. The lowest BCUT2D eigenvalue weighted by Gasteiger charge is -2.52. The van der Waals surface area contributed by atoms with Gasteiger partial charge in [0.15, 0.2) is 0 Å². The molecule has 4 rings (SSSR count). The standard InChI is InChI=1S/C17H24N2O3S/c20-16(15-9-23-12-18-15)19-10-17(11-19)7-14(5-6-22-17)21-8-13-3-1-2-4-13/h9,12-14H,1-8,10-11H2/t14-/m1/s1. The molecule has 3 aliphatic rings. The van der Waals surface area contributed by atoms with Gasteiger partial charge in [-0.15, -0.1) is 11.3 Å². The van der Waals surface area contributed by atoms with Crippen LogP contribution in [0.4, 0.5) is 0 Å². The van der Waals surface area contributed by atoms with Crippen LogP contribution in [0.25, 0.3) is 0 Å². The highest BCUT2D eigenvalue weighted by Crippen LogP contribution is 2.36. The van der Waals surface area contributed by atoms with E-state index in [-0.39, 0.29) is 11.5 Å². The van der Waals surface area contributed by atoms with Gasteiger partial charge in [0.05, 0.1) is 24.7 Å². The summed E-state index contributed by atoms with van der Waals surface area (Å²) < 4.78 is 12.2. The first kappa shape index (κ1) is 15.5. The summed E-state index contributed by atoms with van der Waals surface area (Å²) in [5, 5.41) is 1.81. The fourth-order valence-electron chi connectivity index (χ4n) is 4.07. The minimum atomic E-state index is -0.176. The average molecular weight is 336 g/mol. The summed E-state index contributed by atoms with van der Waals surface area (Å²) in [6, 6.07) is 0. The summed E-state index contributed by atoms with van der Waals surface area (Å²) in [5.74, 6) is 0.785. The van der Waals surface area contributed by atoms with Crippen LogP contribution in [-0.4, -0.2) is 53.8 Å². The highest BCUT2D eigenvalue weighted by atomic mass is 32.1. The molecular weight excluding hydrogens is 312 g/mol. The van der Waals surface area contributed by atoms with E-state index < -0.39 is 0 Å². The van der Waals surface area contributed by atoms with E-state index in [1.54, 1.807) is 5.51 Å². The Balaban J connectivity index is 1.27. The maximum Gasteiger partial charge on any atom is 0.273 e. The molecule has 6 heteroatoms. The molecular formula is C17H24N2O3S. The zero-order valence-corrected chi connectivity index (χ0v) is 14.2. The first-order chi connectivity index (χ1) is 11.2. The molecule has 126 valence electrons. The van der Waals surface area contributed by atoms with Gasteiger partial charge >= 0.3 is 0 Å². The summed E-state index contributed by atoms with van der Waals surface area (Å²) >= 11 is 1.46. The Labute approximate surface area is 141 Å². The van der Waals surface area contributed by atoms with Crippen LogP contribution in [-0.2, 0) is 9.47 Å². The normalized spacial score (nSPS) is 27.3. The van der Waals surface area contributed by atoms with Gasteiger partial charge in [0, 0.05) is 25.0 Å². The van der Waals surface area contributed by atoms with Crippen molar-refractivity contribution in [3.05, 3.63) is 16.6 Å². The Morgan fingerprint density at radius 1 is 1.39 bits per heavy atom. The zero-order chi connectivity index (χ0) is 15.7. The molecule has 0 radical (unpaired) electrons. The van der Waals surface area contributed by atoms with Crippen LogP contribution in [0.15, 0.2) is 10.9 Å². The second-order valence-electron chi connectivity index (χ2n) is 7.16. The SMILES string of the molecule is O=C(c1cscn1)N1CC2(C[C@H](OCC3CCCC3)CCO2)C1. The third kappa shape index (κ3) is 3.30. The molecule has 1 aromatic heterocycles. The number of amides is 1. The van der Waals surface area contributed by atoms with Crippen molar-refractivity contribution in [2.75, 3.05) is 26.3 Å². The number of nitrogens with zero attached hydrogens (tertiary/aromatic N) is 2. The van der Waals surface area contributed by atoms with Crippen LogP contribution >= 0.6 is 11.3 Å². The van der Waals surface area contributed by atoms with E-state index in [0.29, 0.717) is 24.9 Å². The third-order valence-corrected chi connectivity index (χ3v) is 5.97. The van der Waals surface area contributed by atoms with Crippen LogP contribution in [0.1, 0.15) is 49.0 Å². The summed E-state index contributed by atoms with van der Waals surface area (Å²) in [6.07, 6.45) is 7.56. The van der Waals surface area contributed by atoms with Gasteiger partial charge in [0.25, 0.3) is 5.91 Å². The van der Waals surface area contributed by atoms with E-state index in [4.69, 9.17) is 9.47 Å². The molecule has 0 bridgehead atoms. The fraction of sp³-hybridized carbons (Fsp3) is 0.765. The van der Waals surface area contributed by atoms with Crippen LogP contribution in [0.3, 0.4) is 0 Å². The van der Waals surface area contributed by atoms with Crippen LogP contribution in [0.2, 0.25) is 0 Å². The number of ether oxygens (including phenoxy) is 2. The van der Waals surface area contributed by atoms with Gasteiger partial charge in [-0.2, -0.15) is 0 Å². The highest BCUT2D eigenvalue weighted by molar-refractivity contribution is 7.07. The number of thiazole rings is 1. The largest absolute Gasteiger partial charge is 0.378 e. The summed E-state index contributed by atoms with van der Waals surface area (Å²) in [6.45, 7) is 3.00. The van der Waals surface area contributed by atoms with Crippen LogP contribution in [0.5, 0.6) is 0 Å². The molecule has 2 aliphatic heterocycles. The van der Waals surface area contributed by atoms with Gasteiger partial charge in [-0.1, -0.05) is 12.8 Å². The quantitative estimate of drug-likeness (QED) is 0.848. The molecule has 0 N–H and O–H groups in total. The Morgan fingerprint density at radius 2 is 2.22 bits per heavy atom. The van der Waals surface area contributed by atoms with E-state index in [1.807, 2.05) is 10.3 Å². The average Bonchev–Trinajstić information content (AvgIpc) is 3.23. The molecule has 1 aliphatic carbocycles. The van der Waals surface area contributed by atoms with Gasteiger partial charge in [-0.25, -0.2) is 4.98 Å². The topological polar surface area (TPSA) is 51.7 Å². The molecule has 1 atom stereocenters. The molecule has 3 fully saturated rings. The van der Waals surface area contributed by atoms with Gasteiger partial charge < -0.3 is 14.4 Å². The van der Waals surface area contributed by atoms with Crippen molar-refractivity contribution in [1.82, 2.24) is 9.88 Å². The molecule has 1 aromatic rings. The third-order valence-electron chi connectivity index (χ3n) is 5.39. The van der Waals surface area contributed by atoms with Crippen molar-refractivity contribution in [1.29, 1.82) is 0 Å². The predicted octanol–water partition coefficient (Wildman–Crippen LogP) is 2.72. The molecule has 1 amide bonds. The zero-order valence-electron chi connectivity index (χ0n) is 13.4. The van der Waals surface area contributed by atoms with Gasteiger partial charge in [0.1, 0.15) is 11.3 Å². The number of aromatic nitrogens is 1. The van der Waals surface area contributed by atoms with Crippen molar-refractivity contribution in [2.45, 2.75) is 50.2 Å². The molecule has 2 saturated heterocycles. The molecule has 1 spiro atoms. The smallest absolute Gasteiger partial charge is 0.273 e. The van der Waals surface area contributed by atoms with Crippen molar-refractivity contribution < 1.29 is 14.3 Å². The summed E-state index contributed by atoms with van der Waals surface area (Å²) in [4.78, 5) is 18.2. The monoisotopic (exact) mass is 336 g/mol. The van der Waals surface area contributed by atoms with Crippen LogP contribution in [0, 0.1) is 5.92 Å². The van der Waals surface area contributed by atoms with E-state index >= 15 is 0 Å². The Morgan fingerprint density at radius 3 is 2.96 bits per heavy atom. The van der Waals surface area contributed by atoms with E-state index in [1.165, 1.54) is 37.0 Å². The number of carbonyl (C=O) groups is 1. The molecule has 1 saturated carbocycles. The number of carbonyl (C=O) groups excluding carboxylic acids is 1. The molecule has 0 unspecified atom stereocenters. The lowest BCUT2D eigenvalue weighted by atomic mass is 9.84. The van der Waals surface area contributed by atoms with Gasteiger partial charge in [-0.3, -0.25) is 4.79 Å². The first-order valence-corrected chi connectivity index (χ1v) is 9.61. The summed E-state index contributed by atoms with van der Waals surface area (Å²) in [7, 11) is 0. The van der Waals surface area contributed by atoms with Crippen molar-refractivity contribution in [3.8, 4) is 0 Å². The predicted molar refractivity (Wildman–Crippen MR) is 87.6 cm³/mol. The van der Waals surface area contributed by atoms with Gasteiger partial charge in [-0.05, 0) is 25.2 Å². The minimum absolute atomic E-state index is 0.0227. The minimum Gasteiger partial charge on any atom is -0.378 e. The lowest BCUT2D eigenvalue weighted by Crippen LogP contribution is -2.67. The number of rotatable bonds is 4. The van der Waals surface area contributed by atoms with Crippen molar-refractivity contribution in [3.63, 3.8) is 0 Å². The van der Waals surface area contributed by atoms with Gasteiger partial charge in [0.2, 0.25) is 0 Å². The Bertz CT molecular complexity index is 536. The summed E-state index contributed by atoms with van der Waals surface area (Å²) in [5.41, 5.74) is 2.08. The Kier molecular flexibility index (Phi) is 4.39. The van der Waals surface area contributed by atoms with E-state index in [2.05, 4.69) is 4.98 Å². The molecule has 0 aromatic carbocycles. The lowest BCUT2D eigenvalue weighted by molar-refractivity contribution is -0.187. The second kappa shape index (κ2) is 6.49. The van der Waals surface area contributed by atoms with Crippen molar-refractivity contribution in [2.24, 2.45) is 5.92 Å². The van der Waals surface area contributed by atoms with Crippen LogP contribution < -0.4 is 0 Å². The number of likely N-dealkylation sites (tertiary alicyclic amines) is 1. The van der Waals surface area contributed by atoms with E-state index in [0.717, 1.165) is 32.0 Å². The maximum atomic E-state index is 12.3. The highest BCUT2D eigenvalue weighted by Gasteiger charge is 2.50. The van der Waals surface area contributed by atoms with Crippen molar-refractivity contribution >= 4 is 17.2 Å². The first-order valence-electron chi connectivity index (χ1n) is 8.67. The molecule has 3 heterocycles.